The molecule has 1 aliphatic rings. The zero-order valence-corrected chi connectivity index (χ0v) is 13.9. The van der Waals surface area contributed by atoms with Gasteiger partial charge in [-0.25, -0.2) is 0 Å². The summed E-state index contributed by atoms with van der Waals surface area (Å²) in [5.41, 5.74) is 7.81. The summed E-state index contributed by atoms with van der Waals surface area (Å²) in [6, 6.07) is 11.3. The van der Waals surface area contributed by atoms with Crippen LogP contribution in [-0.4, -0.2) is 0 Å². The lowest BCUT2D eigenvalue weighted by Gasteiger charge is -2.09. The van der Waals surface area contributed by atoms with Crippen LogP contribution in [0.5, 0.6) is 0 Å². The third kappa shape index (κ3) is 2.85. The number of allylic oxidation sites excluding steroid dienone is 2. The maximum absolute atomic E-state index is 2.34. The molecule has 0 aliphatic heterocycles. The smallest absolute Gasteiger partial charge is 0.0340 e. The lowest BCUT2D eigenvalue weighted by atomic mass is 9.98. The van der Waals surface area contributed by atoms with Gasteiger partial charge in [-0.15, -0.1) is 11.3 Å². The Morgan fingerprint density at radius 2 is 1.86 bits per heavy atom. The summed E-state index contributed by atoms with van der Waals surface area (Å²) in [6.07, 6.45) is 7.36. The van der Waals surface area contributed by atoms with Crippen LogP contribution in [0, 0.1) is 0 Å². The molecule has 1 aliphatic carbocycles. The summed E-state index contributed by atoms with van der Waals surface area (Å²) in [7, 11) is 0. The van der Waals surface area contributed by atoms with Gasteiger partial charge >= 0.3 is 0 Å². The van der Waals surface area contributed by atoms with Gasteiger partial charge < -0.3 is 0 Å². The minimum absolute atomic E-state index is 1.13. The normalized spacial score (nSPS) is 13.8. The van der Waals surface area contributed by atoms with Crippen molar-refractivity contribution in [2.24, 2.45) is 0 Å². The molecule has 0 spiro atoms. The second-order valence-electron chi connectivity index (χ2n) is 5.92. The van der Waals surface area contributed by atoms with Crippen LogP contribution in [-0.2, 0) is 12.8 Å². The molecule has 1 heterocycles. The summed E-state index contributed by atoms with van der Waals surface area (Å²) in [5, 5.41) is 2.28. The number of hydrogen-bond donors (Lipinski definition) is 0. The third-order valence-electron chi connectivity index (χ3n) is 4.39. The van der Waals surface area contributed by atoms with E-state index in [1.54, 1.807) is 21.6 Å². The number of fused-ring (bicyclic) bond motifs is 1. The minimum Gasteiger partial charge on any atom is -0.144 e. The van der Waals surface area contributed by atoms with Crippen LogP contribution < -0.4 is 0 Å². The maximum atomic E-state index is 2.34. The van der Waals surface area contributed by atoms with Crippen LogP contribution in [0.1, 0.15) is 61.1 Å². The molecule has 2 aromatic rings. The molecule has 0 bridgehead atoms. The zero-order valence-electron chi connectivity index (χ0n) is 13.1. The van der Waals surface area contributed by atoms with E-state index < -0.39 is 0 Å². The lowest BCUT2D eigenvalue weighted by Crippen LogP contribution is -1.91. The molecule has 0 amide bonds. The van der Waals surface area contributed by atoms with Gasteiger partial charge in [-0.05, 0) is 65.0 Å². The molecular formula is C20H24S. The summed E-state index contributed by atoms with van der Waals surface area (Å²) in [5.74, 6) is 0. The standard InChI is InChI=1S/C20H24S/c1-3-5-9-15-12-13-21-20(15)19-14-16-10-6-7-11-17(16)18(19)8-4-2/h6-7,10-13H,3-5,8-9,14H2,1-2H3. The van der Waals surface area contributed by atoms with Crippen molar-refractivity contribution in [3.05, 3.63) is 57.3 Å². The highest BCUT2D eigenvalue weighted by molar-refractivity contribution is 7.11. The predicted molar refractivity (Wildman–Crippen MR) is 94.8 cm³/mol. The highest BCUT2D eigenvalue weighted by Crippen LogP contribution is 2.43. The molecule has 0 radical (unpaired) electrons. The molecule has 0 fully saturated rings. The van der Waals surface area contributed by atoms with Crippen molar-refractivity contribution in [1.82, 2.24) is 0 Å². The van der Waals surface area contributed by atoms with E-state index in [9.17, 15) is 0 Å². The molecule has 110 valence electrons. The van der Waals surface area contributed by atoms with Crippen LogP contribution in [0.4, 0.5) is 0 Å². The van der Waals surface area contributed by atoms with Crippen LogP contribution in [0.25, 0.3) is 11.1 Å². The molecule has 0 saturated carbocycles. The predicted octanol–water partition coefficient (Wildman–Crippen LogP) is 6.36. The number of aryl methyl sites for hydroxylation is 1. The second kappa shape index (κ2) is 6.62. The van der Waals surface area contributed by atoms with Crippen molar-refractivity contribution in [3.63, 3.8) is 0 Å². The largest absolute Gasteiger partial charge is 0.144 e. The van der Waals surface area contributed by atoms with Gasteiger partial charge in [0.05, 0.1) is 0 Å². The van der Waals surface area contributed by atoms with Gasteiger partial charge in [-0.3, -0.25) is 0 Å². The van der Waals surface area contributed by atoms with Crippen molar-refractivity contribution < 1.29 is 0 Å². The molecule has 3 rings (SSSR count). The first-order valence-electron chi connectivity index (χ1n) is 8.22. The van der Waals surface area contributed by atoms with Gasteiger partial charge in [0.1, 0.15) is 0 Å². The molecule has 0 unspecified atom stereocenters. The van der Waals surface area contributed by atoms with Gasteiger partial charge in [0, 0.05) is 4.88 Å². The minimum atomic E-state index is 1.13. The fraction of sp³-hybridized carbons (Fsp3) is 0.400. The van der Waals surface area contributed by atoms with Crippen LogP contribution in [0.15, 0.2) is 35.7 Å². The Labute approximate surface area is 132 Å². The van der Waals surface area contributed by atoms with Gasteiger partial charge in [-0.1, -0.05) is 51.0 Å². The second-order valence-corrected chi connectivity index (χ2v) is 6.84. The first-order chi connectivity index (χ1) is 10.3. The van der Waals surface area contributed by atoms with Gasteiger partial charge in [-0.2, -0.15) is 0 Å². The van der Waals surface area contributed by atoms with E-state index in [0.29, 0.717) is 0 Å². The molecule has 0 nitrogen and oxygen atoms in total. The summed E-state index contributed by atoms with van der Waals surface area (Å²) < 4.78 is 0. The lowest BCUT2D eigenvalue weighted by molar-refractivity contribution is 0.796. The molecule has 0 atom stereocenters. The first-order valence-corrected chi connectivity index (χ1v) is 9.10. The Morgan fingerprint density at radius 1 is 1.00 bits per heavy atom. The van der Waals surface area contributed by atoms with Gasteiger partial charge in [0.15, 0.2) is 0 Å². The van der Waals surface area contributed by atoms with E-state index in [2.05, 4.69) is 49.6 Å². The Hall–Kier alpha value is -1.34. The number of rotatable bonds is 6. The van der Waals surface area contributed by atoms with E-state index >= 15 is 0 Å². The average Bonchev–Trinajstić information content (AvgIpc) is 3.10. The van der Waals surface area contributed by atoms with Crippen molar-refractivity contribution in [2.45, 2.75) is 52.4 Å². The highest BCUT2D eigenvalue weighted by atomic mass is 32.1. The SMILES string of the molecule is CCCCc1ccsc1C1=C(CCC)c2ccccc2C1. The number of thiophene rings is 1. The van der Waals surface area contributed by atoms with E-state index in [0.717, 1.165) is 6.42 Å². The van der Waals surface area contributed by atoms with Gasteiger partial charge in [0.25, 0.3) is 0 Å². The fourth-order valence-electron chi connectivity index (χ4n) is 3.35. The quantitative estimate of drug-likeness (QED) is 0.582. The van der Waals surface area contributed by atoms with Crippen molar-refractivity contribution in [3.8, 4) is 0 Å². The Kier molecular flexibility index (Phi) is 4.60. The average molecular weight is 296 g/mol. The maximum Gasteiger partial charge on any atom is 0.0340 e. The van der Waals surface area contributed by atoms with Crippen LogP contribution >= 0.6 is 11.3 Å². The number of benzene rings is 1. The molecule has 21 heavy (non-hydrogen) atoms. The highest BCUT2D eigenvalue weighted by Gasteiger charge is 2.23. The first kappa shape index (κ1) is 14.6. The van der Waals surface area contributed by atoms with E-state index in [4.69, 9.17) is 0 Å². The Morgan fingerprint density at radius 3 is 2.67 bits per heavy atom. The summed E-state index contributed by atoms with van der Waals surface area (Å²) in [4.78, 5) is 1.56. The van der Waals surface area contributed by atoms with E-state index in [-0.39, 0.29) is 0 Å². The van der Waals surface area contributed by atoms with Crippen molar-refractivity contribution >= 4 is 22.5 Å². The summed E-state index contributed by atoms with van der Waals surface area (Å²) in [6.45, 7) is 4.57. The van der Waals surface area contributed by atoms with E-state index in [1.807, 2.05) is 11.3 Å². The number of hydrogen-bond acceptors (Lipinski definition) is 1. The third-order valence-corrected chi connectivity index (χ3v) is 5.41. The van der Waals surface area contributed by atoms with Crippen molar-refractivity contribution in [2.75, 3.05) is 0 Å². The van der Waals surface area contributed by atoms with Crippen molar-refractivity contribution in [1.29, 1.82) is 0 Å². The molecule has 0 saturated heterocycles. The van der Waals surface area contributed by atoms with E-state index in [1.165, 1.54) is 43.2 Å². The fourth-order valence-corrected chi connectivity index (χ4v) is 4.37. The molecular weight excluding hydrogens is 272 g/mol. The molecule has 1 heteroatoms. The monoisotopic (exact) mass is 296 g/mol. The Bertz CT molecular complexity index is 645. The Balaban J connectivity index is 2.01. The number of unbranched alkanes of at least 4 members (excludes halogenated alkanes) is 1. The zero-order chi connectivity index (χ0) is 14.7. The molecule has 1 aromatic carbocycles. The summed E-state index contributed by atoms with van der Waals surface area (Å²) >= 11 is 1.94. The van der Waals surface area contributed by atoms with Crippen LogP contribution in [0.3, 0.4) is 0 Å². The topological polar surface area (TPSA) is 0 Å². The molecule has 1 aromatic heterocycles. The van der Waals surface area contributed by atoms with Crippen LogP contribution in [0.2, 0.25) is 0 Å². The molecule has 0 N–H and O–H groups in total. The van der Waals surface area contributed by atoms with Gasteiger partial charge in [0.2, 0.25) is 0 Å².